The Bertz CT molecular complexity index is 94.2. The van der Waals surface area contributed by atoms with Crippen molar-refractivity contribution in [2.75, 3.05) is 33.5 Å². The van der Waals surface area contributed by atoms with E-state index >= 15 is 0 Å². The molecule has 80 valence electrons. The Morgan fingerprint density at radius 3 is 2.08 bits per heavy atom. The third kappa shape index (κ3) is 11.9. The van der Waals surface area contributed by atoms with Gasteiger partial charge in [-0.2, -0.15) is 0 Å². The van der Waals surface area contributed by atoms with Gasteiger partial charge in [-0.15, -0.1) is 0 Å². The summed E-state index contributed by atoms with van der Waals surface area (Å²) in [5.74, 6) is 0. The topological polar surface area (TPSA) is 27.7 Å². The van der Waals surface area contributed by atoms with E-state index in [9.17, 15) is 0 Å². The number of hydrogen-bond acceptors (Lipinski definition) is 3. The minimum absolute atomic E-state index is 0.327. The molecule has 0 spiro atoms. The number of hydrogen-bond donors (Lipinski definition) is 0. The second-order valence-corrected chi connectivity index (χ2v) is 3.23. The van der Waals surface area contributed by atoms with Gasteiger partial charge in [0.05, 0.1) is 6.10 Å². The van der Waals surface area contributed by atoms with Gasteiger partial charge in [-0.1, -0.05) is 0 Å². The summed E-state index contributed by atoms with van der Waals surface area (Å²) < 4.78 is 15.6. The molecule has 0 aliphatic carbocycles. The minimum atomic E-state index is 0.327. The van der Waals surface area contributed by atoms with E-state index in [-0.39, 0.29) is 0 Å². The smallest absolute Gasteiger partial charge is 0.0518 e. The quantitative estimate of drug-likeness (QED) is 0.519. The van der Waals surface area contributed by atoms with Crippen LogP contribution in [0.15, 0.2) is 0 Å². The van der Waals surface area contributed by atoms with Crippen LogP contribution in [0.3, 0.4) is 0 Å². The average Bonchev–Trinajstić information content (AvgIpc) is 2.09. The Kier molecular flexibility index (Phi) is 9.87. The molecule has 0 bridgehead atoms. The molecule has 0 saturated carbocycles. The van der Waals surface area contributed by atoms with Gasteiger partial charge in [0.15, 0.2) is 0 Å². The third-order valence-electron chi connectivity index (χ3n) is 1.52. The highest BCUT2D eigenvalue weighted by Crippen LogP contribution is 1.91. The first-order chi connectivity index (χ1) is 6.27. The van der Waals surface area contributed by atoms with Crippen LogP contribution in [0.5, 0.6) is 0 Å². The summed E-state index contributed by atoms with van der Waals surface area (Å²) in [6, 6.07) is 0. The highest BCUT2D eigenvalue weighted by Gasteiger charge is 1.93. The standard InChI is InChI=1S/C10H22O3/c1-10(2)13-9-5-8-12-7-4-6-11-3/h10H,4-9H2,1-3H3. The molecule has 0 radical (unpaired) electrons. The van der Waals surface area contributed by atoms with Crippen molar-refractivity contribution < 1.29 is 14.2 Å². The van der Waals surface area contributed by atoms with Gasteiger partial charge in [0.25, 0.3) is 0 Å². The molecule has 0 aromatic carbocycles. The van der Waals surface area contributed by atoms with Gasteiger partial charge in [-0.3, -0.25) is 0 Å². The summed E-state index contributed by atoms with van der Waals surface area (Å²) in [7, 11) is 1.70. The van der Waals surface area contributed by atoms with Crippen LogP contribution in [-0.2, 0) is 14.2 Å². The van der Waals surface area contributed by atoms with Crippen molar-refractivity contribution in [2.45, 2.75) is 32.8 Å². The van der Waals surface area contributed by atoms with Crippen LogP contribution in [0.4, 0.5) is 0 Å². The second-order valence-electron chi connectivity index (χ2n) is 3.23. The molecule has 3 nitrogen and oxygen atoms in total. The summed E-state index contributed by atoms with van der Waals surface area (Å²) in [5.41, 5.74) is 0. The highest BCUT2D eigenvalue weighted by atomic mass is 16.5. The van der Waals surface area contributed by atoms with E-state index in [1.807, 2.05) is 13.8 Å². The van der Waals surface area contributed by atoms with Gasteiger partial charge < -0.3 is 14.2 Å². The van der Waals surface area contributed by atoms with Crippen LogP contribution in [0.1, 0.15) is 26.7 Å². The maximum atomic E-state index is 5.36. The lowest BCUT2D eigenvalue weighted by molar-refractivity contribution is 0.0469. The Balaban J connectivity index is 2.84. The predicted octanol–water partition coefficient (Wildman–Crippen LogP) is 1.85. The lowest BCUT2D eigenvalue weighted by Crippen LogP contribution is -2.07. The zero-order valence-corrected chi connectivity index (χ0v) is 9.04. The van der Waals surface area contributed by atoms with Gasteiger partial charge >= 0.3 is 0 Å². The van der Waals surface area contributed by atoms with Crippen molar-refractivity contribution in [3.8, 4) is 0 Å². The normalized spacial score (nSPS) is 11.1. The van der Waals surface area contributed by atoms with Crippen molar-refractivity contribution in [1.29, 1.82) is 0 Å². The molecule has 13 heavy (non-hydrogen) atoms. The lowest BCUT2D eigenvalue weighted by atomic mass is 10.4. The van der Waals surface area contributed by atoms with Crippen molar-refractivity contribution in [1.82, 2.24) is 0 Å². The molecule has 0 aromatic rings. The molecule has 0 aromatic heterocycles. The lowest BCUT2D eigenvalue weighted by Gasteiger charge is -2.07. The molecular weight excluding hydrogens is 168 g/mol. The first kappa shape index (κ1) is 12.9. The minimum Gasteiger partial charge on any atom is -0.385 e. The first-order valence-electron chi connectivity index (χ1n) is 4.95. The Hall–Kier alpha value is -0.120. The molecule has 0 fully saturated rings. The van der Waals surface area contributed by atoms with Crippen molar-refractivity contribution in [2.24, 2.45) is 0 Å². The summed E-state index contributed by atoms with van der Waals surface area (Å²) in [4.78, 5) is 0. The Morgan fingerprint density at radius 2 is 1.54 bits per heavy atom. The fraction of sp³-hybridized carbons (Fsp3) is 1.00. The maximum Gasteiger partial charge on any atom is 0.0518 e. The molecule has 0 rings (SSSR count). The second kappa shape index (κ2) is 9.96. The molecule has 0 amide bonds. The number of rotatable bonds is 9. The monoisotopic (exact) mass is 190 g/mol. The third-order valence-corrected chi connectivity index (χ3v) is 1.52. The van der Waals surface area contributed by atoms with Crippen LogP contribution >= 0.6 is 0 Å². The molecule has 0 N–H and O–H groups in total. The largest absolute Gasteiger partial charge is 0.385 e. The SMILES string of the molecule is COCCCOCCCOC(C)C. The van der Waals surface area contributed by atoms with E-state index in [1.54, 1.807) is 7.11 Å². The Morgan fingerprint density at radius 1 is 0.923 bits per heavy atom. The molecule has 0 unspecified atom stereocenters. The van der Waals surface area contributed by atoms with E-state index in [0.29, 0.717) is 6.10 Å². The summed E-state index contributed by atoms with van der Waals surface area (Å²) in [6.07, 6.45) is 2.28. The van der Waals surface area contributed by atoms with E-state index in [0.717, 1.165) is 39.3 Å². The fourth-order valence-electron chi connectivity index (χ4n) is 0.887. The molecule has 0 saturated heterocycles. The Labute approximate surface area is 81.4 Å². The maximum absolute atomic E-state index is 5.36. The molecule has 0 aliphatic heterocycles. The van der Waals surface area contributed by atoms with Crippen molar-refractivity contribution in [3.63, 3.8) is 0 Å². The van der Waals surface area contributed by atoms with Crippen LogP contribution in [0.2, 0.25) is 0 Å². The summed E-state index contributed by atoms with van der Waals surface area (Å²) >= 11 is 0. The van der Waals surface area contributed by atoms with Crippen molar-refractivity contribution in [3.05, 3.63) is 0 Å². The van der Waals surface area contributed by atoms with Gasteiger partial charge in [0.2, 0.25) is 0 Å². The molecule has 0 atom stereocenters. The molecule has 0 aliphatic rings. The molecular formula is C10H22O3. The zero-order chi connectivity index (χ0) is 9.94. The fourth-order valence-corrected chi connectivity index (χ4v) is 0.887. The summed E-state index contributed by atoms with van der Waals surface area (Å²) in [5, 5.41) is 0. The average molecular weight is 190 g/mol. The van der Waals surface area contributed by atoms with E-state index in [2.05, 4.69) is 0 Å². The van der Waals surface area contributed by atoms with Crippen molar-refractivity contribution >= 4 is 0 Å². The molecule has 3 heteroatoms. The predicted molar refractivity (Wildman–Crippen MR) is 53.0 cm³/mol. The van der Waals surface area contributed by atoms with Crippen LogP contribution in [-0.4, -0.2) is 39.6 Å². The summed E-state index contributed by atoms with van der Waals surface area (Å²) in [6.45, 7) is 7.23. The van der Waals surface area contributed by atoms with Gasteiger partial charge in [0, 0.05) is 33.5 Å². The van der Waals surface area contributed by atoms with Crippen LogP contribution in [0.25, 0.3) is 0 Å². The van der Waals surface area contributed by atoms with E-state index in [4.69, 9.17) is 14.2 Å². The number of ether oxygens (including phenoxy) is 3. The van der Waals surface area contributed by atoms with Crippen LogP contribution < -0.4 is 0 Å². The zero-order valence-electron chi connectivity index (χ0n) is 9.04. The highest BCUT2D eigenvalue weighted by molar-refractivity contribution is 4.40. The van der Waals surface area contributed by atoms with Gasteiger partial charge in [-0.25, -0.2) is 0 Å². The first-order valence-corrected chi connectivity index (χ1v) is 4.95. The van der Waals surface area contributed by atoms with E-state index in [1.165, 1.54) is 0 Å². The van der Waals surface area contributed by atoms with Gasteiger partial charge in [-0.05, 0) is 26.7 Å². The molecule has 0 heterocycles. The number of methoxy groups -OCH3 is 1. The van der Waals surface area contributed by atoms with E-state index < -0.39 is 0 Å². The van der Waals surface area contributed by atoms with Crippen LogP contribution in [0, 0.1) is 0 Å². The van der Waals surface area contributed by atoms with Gasteiger partial charge in [0.1, 0.15) is 0 Å².